The van der Waals surface area contributed by atoms with Gasteiger partial charge >= 0.3 is 0 Å². The van der Waals surface area contributed by atoms with Crippen molar-refractivity contribution in [2.75, 3.05) is 0 Å². The lowest BCUT2D eigenvalue weighted by atomic mass is 10.2. The Labute approximate surface area is 65.7 Å². The minimum absolute atomic E-state index is 0.160. The Kier molecular flexibility index (Phi) is 1.28. The van der Waals surface area contributed by atoms with E-state index in [0.29, 0.717) is 0 Å². The summed E-state index contributed by atoms with van der Waals surface area (Å²) in [4.78, 5) is 0. The fourth-order valence-electron chi connectivity index (χ4n) is 1.12. The van der Waals surface area contributed by atoms with Crippen LogP contribution in [0.4, 0.5) is 0 Å². The highest BCUT2D eigenvalue weighted by molar-refractivity contribution is 5.45. The quantitative estimate of drug-likeness (QED) is 0.561. The van der Waals surface area contributed by atoms with E-state index >= 15 is 0 Å². The number of ether oxygens (including phenoxy) is 2. The van der Waals surface area contributed by atoms with Crippen molar-refractivity contribution in [2.24, 2.45) is 0 Å². The maximum Gasteiger partial charge on any atom is 0.238 e. The first kappa shape index (κ1) is 6.53. The average molecular weight is 149 g/mol. The van der Waals surface area contributed by atoms with E-state index in [-0.39, 0.29) is 6.29 Å². The molecule has 57 valence electrons. The molecule has 0 saturated heterocycles. The first-order valence-electron chi connectivity index (χ1n) is 3.55. The molecule has 1 unspecified atom stereocenters. The number of rotatable bonds is 0. The molecule has 2 nitrogen and oxygen atoms in total. The predicted molar refractivity (Wildman–Crippen MR) is 41.6 cm³/mol. The van der Waals surface area contributed by atoms with E-state index in [0.717, 1.165) is 17.1 Å². The van der Waals surface area contributed by atoms with Crippen LogP contribution >= 0.6 is 0 Å². The molecule has 0 aromatic heterocycles. The minimum Gasteiger partial charge on any atom is -0.451 e. The van der Waals surface area contributed by atoms with Gasteiger partial charge in [0.2, 0.25) is 6.29 Å². The van der Waals surface area contributed by atoms with Crippen LogP contribution in [0.3, 0.4) is 0 Å². The van der Waals surface area contributed by atoms with E-state index in [1.807, 2.05) is 25.1 Å². The first-order valence-corrected chi connectivity index (χ1v) is 3.55. The third-order valence-electron chi connectivity index (χ3n) is 1.59. The fourth-order valence-corrected chi connectivity index (χ4v) is 1.12. The van der Waals surface area contributed by atoms with Crippen molar-refractivity contribution in [3.05, 3.63) is 30.7 Å². The molecular formula is C9H9O2. The fraction of sp³-hybridized carbons (Fsp3) is 0.222. The molecule has 0 N–H and O–H groups in total. The molecular weight excluding hydrogens is 140 g/mol. The van der Waals surface area contributed by atoms with Crippen LogP contribution < -0.4 is 9.47 Å². The van der Waals surface area contributed by atoms with Gasteiger partial charge in [0.25, 0.3) is 0 Å². The van der Waals surface area contributed by atoms with Gasteiger partial charge in [-0.15, -0.1) is 0 Å². The van der Waals surface area contributed by atoms with E-state index in [2.05, 4.69) is 6.92 Å². The van der Waals surface area contributed by atoms with Crippen LogP contribution in [-0.4, -0.2) is 6.29 Å². The Bertz CT molecular complexity index is 281. The molecule has 1 aromatic rings. The topological polar surface area (TPSA) is 18.5 Å². The van der Waals surface area contributed by atoms with Gasteiger partial charge in [-0.25, -0.2) is 0 Å². The number of hydrogen-bond donors (Lipinski definition) is 0. The zero-order valence-electron chi connectivity index (χ0n) is 6.33. The molecule has 1 aromatic carbocycles. The highest BCUT2D eigenvalue weighted by Crippen LogP contribution is 2.34. The van der Waals surface area contributed by atoms with E-state index in [9.17, 15) is 0 Å². The van der Waals surface area contributed by atoms with Crippen molar-refractivity contribution in [3.63, 3.8) is 0 Å². The molecule has 2 rings (SSSR count). The zero-order valence-corrected chi connectivity index (χ0v) is 6.33. The van der Waals surface area contributed by atoms with Gasteiger partial charge in [-0.3, -0.25) is 0 Å². The Hall–Kier alpha value is -1.18. The molecule has 1 heterocycles. The van der Waals surface area contributed by atoms with E-state index < -0.39 is 0 Å². The van der Waals surface area contributed by atoms with Crippen molar-refractivity contribution in [1.82, 2.24) is 0 Å². The lowest BCUT2D eigenvalue weighted by Gasteiger charge is -1.99. The highest BCUT2D eigenvalue weighted by Gasteiger charge is 2.18. The molecule has 11 heavy (non-hydrogen) atoms. The van der Waals surface area contributed by atoms with Crippen LogP contribution in [-0.2, 0) is 0 Å². The maximum atomic E-state index is 5.33. The number of fused-ring (bicyclic) bond motifs is 1. The Morgan fingerprint density at radius 1 is 1.27 bits per heavy atom. The summed E-state index contributed by atoms with van der Waals surface area (Å²) in [6, 6.07) is 5.65. The lowest BCUT2D eigenvalue weighted by molar-refractivity contribution is 0.0678. The van der Waals surface area contributed by atoms with E-state index in [1.165, 1.54) is 0 Å². The van der Waals surface area contributed by atoms with Gasteiger partial charge in [0.05, 0.1) is 0 Å². The van der Waals surface area contributed by atoms with E-state index in [1.54, 1.807) is 0 Å². The molecule has 0 fully saturated rings. The van der Waals surface area contributed by atoms with Gasteiger partial charge in [0.15, 0.2) is 11.5 Å². The molecule has 0 saturated carbocycles. The zero-order chi connectivity index (χ0) is 7.84. The van der Waals surface area contributed by atoms with Crippen molar-refractivity contribution >= 4 is 0 Å². The standard InChI is InChI=1S/C9H9O2/c1-6-3-4-8-9(5-6)11-7(2)10-8/h3-5,7H,1H2,2H3. The van der Waals surface area contributed by atoms with Gasteiger partial charge in [-0.2, -0.15) is 0 Å². The molecule has 0 aliphatic carbocycles. The second kappa shape index (κ2) is 2.16. The predicted octanol–water partition coefficient (Wildman–Crippen LogP) is 1.99. The molecule has 1 radical (unpaired) electrons. The molecule has 0 amide bonds. The summed E-state index contributed by atoms with van der Waals surface area (Å²) in [5, 5.41) is 0. The largest absolute Gasteiger partial charge is 0.451 e. The molecule has 1 aliphatic heterocycles. The second-order valence-corrected chi connectivity index (χ2v) is 2.58. The minimum atomic E-state index is -0.160. The molecule has 1 aliphatic rings. The summed E-state index contributed by atoms with van der Waals surface area (Å²) >= 11 is 0. The van der Waals surface area contributed by atoms with Gasteiger partial charge in [-0.05, 0) is 24.6 Å². The number of hydrogen-bond acceptors (Lipinski definition) is 2. The first-order chi connectivity index (χ1) is 5.25. The van der Waals surface area contributed by atoms with Crippen LogP contribution in [0.1, 0.15) is 12.5 Å². The van der Waals surface area contributed by atoms with Gasteiger partial charge < -0.3 is 9.47 Å². The van der Waals surface area contributed by atoms with Crippen molar-refractivity contribution in [3.8, 4) is 11.5 Å². The molecule has 1 atom stereocenters. The van der Waals surface area contributed by atoms with Crippen LogP contribution in [0.15, 0.2) is 18.2 Å². The summed E-state index contributed by atoms with van der Waals surface area (Å²) in [7, 11) is 0. The van der Waals surface area contributed by atoms with Crippen molar-refractivity contribution < 1.29 is 9.47 Å². The third-order valence-corrected chi connectivity index (χ3v) is 1.59. The third kappa shape index (κ3) is 1.04. The van der Waals surface area contributed by atoms with Crippen LogP contribution in [0.2, 0.25) is 0 Å². The second-order valence-electron chi connectivity index (χ2n) is 2.58. The SMILES string of the molecule is [CH2]c1ccc2c(c1)OC(C)O2. The molecule has 0 bridgehead atoms. The van der Waals surface area contributed by atoms with Gasteiger partial charge in [-0.1, -0.05) is 6.07 Å². The number of benzene rings is 1. The Morgan fingerprint density at radius 3 is 2.82 bits per heavy atom. The Balaban J connectivity index is 2.43. The maximum absolute atomic E-state index is 5.33. The molecule has 2 heteroatoms. The van der Waals surface area contributed by atoms with Crippen LogP contribution in [0, 0.1) is 6.92 Å². The van der Waals surface area contributed by atoms with Crippen molar-refractivity contribution in [1.29, 1.82) is 0 Å². The summed E-state index contributed by atoms with van der Waals surface area (Å²) in [5.41, 5.74) is 0.946. The lowest BCUT2D eigenvalue weighted by Crippen LogP contribution is -2.11. The van der Waals surface area contributed by atoms with Gasteiger partial charge in [0, 0.05) is 6.92 Å². The summed E-state index contributed by atoms with van der Waals surface area (Å²) in [6.45, 7) is 5.65. The van der Waals surface area contributed by atoms with Gasteiger partial charge in [0.1, 0.15) is 0 Å². The average Bonchev–Trinajstić information content (AvgIpc) is 2.27. The smallest absolute Gasteiger partial charge is 0.238 e. The van der Waals surface area contributed by atoms with Crippen LogP contribution in [0.25, 0.3) is 0 Å². The normalized spacial score (nSPS) is 20.4. The molecule has 0 spiro atoms. The highest BCUT2D eigenvalue weighted by atomic mass is 16.7. The summed E-state index contributed by atoms with van der Waals surface area (Å²) in [6.07, 6.45) is -0.160. The van der Waals surface area contributed by atoms with E-state index in [4.69, 9.17) is 9.47 Å². The summed E-state index contributed by atoms with van der Waals surface area (Å²) in [5.74, 6) is 1.61. The van der Waals surface area contributed by atoms with Crippen LogP contribution in [0.5, 0.6) is 11.5 Å². The summed E-state index contributed by atoms with van der Waals surface area (Å²) < 4.78 is 10.6. The van der Waals surface area contributed by atoms with Crippen molar-refractivity contribution in [2.45, 2.75) is 13.2 Å². The Morgan fingerprint density at radius 2 is 2.00 bits per heavy atom. The monoisotopic (exact) mass is 149 g/mol.